The summed E-state index contributed by atoms with van der Waals surface area (Å²) in [6, 6.07) is 0. The van der Waals surface area contributed by atoms with E-state index in [1.165, 1.54) is 38.5 Å². The van der Waals surface area contributed by atoms with Crippen LogP contribution in [0.15, 0.2) is 0 Å². The van der Waals surface area contributed by atoms with E-state index in [9.17, 15) is 5.11 Å². The predicted octanol–water partition coefficient (Wildman–Crippen LogP) is 3.10. The van der Waals surface area contributed by atoms with Crippen LogP contribution >= 0.6 is 0 Å². The summed E-state index contributed by atoms with van der Waals surface area (Å²) in [4.78, 5) is 0. The van der Waals surface area contributed by atoms with Crippen molar-refractivity contribution >= 4 is 0 Å². The zero-order valence-corrected chi connectivity index (χ0v) is 11.1. The Balaban J connectivity index is 2.24. The average Bonchev–Trinajstić information content (AvgIpc) is 2.29. The largest absolute Gasteiger partial charge is 0.394 e. The third-order valence-corrected chi connectivity index (χ3v) is 3.92. The first kappa shape index (κ1) is 14.0. The molecule has 2 atom stereocenters. The topological polar surface area (TPSA) is 32.3 Å². The van der Waals surface area contributed by atoms with Gasteiger partial charge in [0.1, 0.15) is 0 Å². The first-order valence-electron chi connectivity index (χ1n) is 7.08. The molecule has 1 saturated carbocycles. The van der Waals surface area contributed by atoms with E-state index in [1.54, 1.807) is 0 Å². The molecule has 0 amide bonds. The zero-order chi connectivity index (χ0) is 11.9. The molecule has 2 nitrogen and oxygen atoms in total. The van der Waals surface area contributed by atoms with Crippen molar-refractivity contribution < 1.29 is 5.11 Å². The Morgan fingerprint density at radius 2 is 2.12 bits per heavy atom. The predicted molar refractivity (Wildman–Crippen MR) is 69.6 cm³/mol. The van der Waals surface area contributed by atoms with E-state index >= 15 is 0 Å². The zero-order valence-electron chi connectivity index (χ0n) is 11.1. The van der Waals surface area contributed by atoms with Crippen molar-refractivity contribution in [1.82, 2.24) is 5.32 Å². The van der Waals surface area contributed by atoms with Crippen molar-refractivity contribution in [1.29, 1.82) is 0 Å². The Bertz CT molecular complexity index is 184. The molecule has 0 saturated heterocycles. The van der Waals surface area contributed by atoms with Crippen LogP contribution in [0.3, 0.4) is 0 Å². The van der Waals surface area contributed by atoms with Crippen LogP contribution < -0.4 is 5.32 Å². The quantitative estimate of drug-likeness (QED) is 0.655. The van der Waals surface area contributed by atoms with Crippen LogP contribution in [0.25, 0.3) is 0 Å². The molecule has 0 aromatic heterocycles. The normalized spacial score (nSPS) is 30.6. The molecule has 0 heterocycles. The van der Waals surface area contributed by atoms with E-state index < -0.39 is 0 Å². The summed E-state index contributed by atoms with van der Waals surface area (Å²) in [5.74, 6) is 0.768. The molecule has 0 aliphatic heterocycles. The van der Waals surface area contributed by atoms with Gasteiger partial charge in [-0.3, -0.25) is 0 Å². The number of aliphatic hydroxyl groups excluding tert-OH is 1. The van der Waals surface area contributed by atoms with E-state index in [-0.39, 0.29) is 5.54 Å². The Labute approximate surface area is 101 Å². The fraction of sp³-hybridized carbons (Fsp3) is 1.00. The lowest BCUT2D eigenvalue weighted by atomic mass is 9.77. The summed E-state index contributed by atoms with van der Waals surface area (Å²) in [5.41, 5.74) is 0.0455. The summed E-state index contributed by atoms with van der Waals surface area (Å²) in [5, 5.41) is 13.2. The maximum Gasteiger partial charge on any atom is 0.0613 e. The second-order valence-corrected chi connectivity index (χ2v) is 5.63. The van der Waals surface area contributed by atoms with E-state index in [0.717, 1.165) is 25.3 Å². The minimum Gasteiger partial charge on any atom is -0.394 e. The van der Waals surface area contributed by atoms with Gasteiger partial charge in [-0.15, -0.1) is 0 Å². The summed E-state index contributed by atoms with van der Waals surface area (Å²) in [7, 11) is 0. The molecule has 0 aromatic rings. The summed E-state index contributed by atoms with van der Waals surface area (Å²) >= 11 is 0. The van der Waals surface area contributed by atoms with Crippen LogP contribution in [0.2, 0.25) is 0 Å². The van der Waals surface area contributed by atoms with Crippen LogP contribution in [0.1, 0.15) is 65.2 Å². The highest BCUT2D eigenvalue weighted by Crippen LogP contribution is 2.31. The van der Waals surface area contributed by atoms with E-state index in [0.29, 0.717) is 6.61 Å². The second kappa shape index (κ2) is 7.29. The monoisotopic (exact) mass is 227 g/mol. The summed E-state index contributed by atoms with van der Waals surface area (Å²) < 4.78 is 0. The van der Waals surface area contributed by atoms with Crippen LogP contribution in [0.5, 0.6) is 0 Å². The van der Waals surface area contributed by atoms with Gasteiger partial charge in [-0.1, -0.05) is 46.0 Å². The van der Waals surface area contributed by atoms with Crippen LogP contribution in [-0.2, 0) is 0 Å². The highest BCUT2D eigenvalue weighted by atomic mass is 16.3. The van der Waals surface area contributed by atoms with Crippen molar-refractivity contribution in [2.45, 2.75) is 70.8 Å². The fourth-order valence-electron chi connectivity index (χ4n) is 2.93. The molecule has 0 spiro atoms. The van der Waals surface area contributed by atoms with Gasteiger partial charge in [-0.05, 0) is 31.7 Å². The average molecular weight is 227 g/mol. The van der Waals surface area contributed by atoms with Gasteiger partial charge in [0.15, 0.2) is 0 Å². The molecule has 1 aliphatic rings. The number of aliphatic hydroxyl groups is 1. The molecular weight excluding hydrogens is 198 g/mol. The third-order valence-electron chi connectivity index (χ3n) is 3.92. The molecular formula is C14H29NO. The SMILES string of the molecule is CCCCCCNC1(CO)CCCC(C)C1. The molecule has 0 radical (unpaired) electrons. The number of hydrogen-bond acceptors (Lipinski definition) is 2. The van der Waals surface area contributed by atoms with Crippen molar-refractivity contribution in [2.75, 3.05) is 13.2 Å². The molecule has 1 aliphatic carbocycles. The molecule has 2 heteroatoms. The molecule has 16 heavy (non-hydrogen) atoms. The van der Waals surface area contributed by atoms with Gasteiger partial charge in [0, 0.05) is 5.54 Å². The maximum absolute atomic E-state index is 9.60. The molecule has 96 valence electrons. The third kappa shape index (κ3) is 4.42. The lowest BCUT2D eigenvalue weighted by Gasteiger charge is -2.39. The Morgan fingerprint density at radius 3 is 2.75 bits per heavy atom. The second-order valence-electron chi connectivity index (χ2n) is 5.63. The highest BCUT2D eigenvalue weighted by Gasteiger charge is 2.33. The van der Waals surface area contributed by atoms with E-state index in [4.69, 9.17) is 0 Å². The van der Waals surface area contributed by atoms with Crippen LogP contribution in [0.4, 0.5) is 0 Å². The molecule has 2 unspecified atom stereocenters. The van der Waals surface area contributed by atoms with E-state index in [1.807, 2.05) is 0 Å². The van der Waals surface area contributed by atoms with E-state index in [2.05, 4.69) is 19.2 Å². The Hall–Kier alpha value is -0.0800. The van der Waals surface area contributed by atoms with Gasteiger partial charge in [-0.25, -0.2) is 0 Å². The Kier molecular flexibility index (Phi) is 6.37. The first-order valence-corrected chi connectivity index (χ1v) is 7.08. The van der Waals surface area contributed by atoms with Gasteiger partial charge < -0.3 is 10.4 Å². The lowest BCUT2D eigenvalue weighted by molar-refractivity contribution is 0.0995. The van der Waals surface area contributed by atoms with Crippen molar-refractivity contribution in [2.24, 2.45) is 5.92 Å². The van der Waals surface area contributed by atoms with Gasteiger partial charge in [-0.2, -0.15) is 0 Å². The van der Waals surface area contributed by atoms with Gasteiger partial charge in [0.2, 0.25) is 0 Å². The standard InChI is InChI=1S/C14H29NO/c1-3-4-5-6-10-15-14(12-16)9-7-8-13(2)11-14/h13,15-16H,3-12H2,1-2H3. The van der Waals surface area contributed by atoms with Crippen molar-refractivity contribution in [3.63, 3.8) is 0 Å². The maximum atomic E-state index is 9.60. The molecule has 0 bridgehead atoms. The van der Waals surface area contributed by atoms with Gasteiger partial charge >= 0.3 is 0 Å². The highest BCUT2D eigenvalue weighted by molar-refractivity contribution is 4.92. The van der Waals surface area contributed by atoms with Crippen LogP contribution in [-0.4, -0.2) is 23.8 Å². The number of unbranched alkanes of at least 4 members (excludes halogenated alkanes) is 3. The number of hydrogen-bond donors (Lipinski definition) is 2. The number of rotatable bonds is 7. The molecule has 1 rings (SSSR count). The molecule has 0 aromatic carbocycles. The fourth-order valence-corrected chi connectivity index (χ4v) is 2.93. The summed E-state index contributed by atoms with van der Waals surface area (Å²) in [6.07, 6.45) is 10.1. The number of nitrogens with one attached hydrogen (secondary N) is 1. The van der Waals surface area contributed by atoms with Crippen molar-refractivity contribution in [3.05, 3.63) is 0 Å². The van der Waals surface area contributed by atoms with Crippen molar-refractivity contribution in [3.8, 4) is 0 Å². The minimum atomic E-state index is 0.0455. The first-order chi connectivity index (χ1) is 7.72. The smallest absolute Gasteiger partial charge is 0.0613 e. The van der Waals surface area contributed by atoms with Crippen LogP contribution in [0, 0.1) is 5.92 Å². The van der Waals surface area contributed by atoms with Gasteiger partial charge in [0.05, 0.1) is 6.61 Å². The summed E-state index contributed by atoms with van der Waals surface area (Å²) in [6.45, 7) is 5.94. The molecule has 1 fully saturated rings. The lowest BCUT2D eigenvalue weighted by Crippen LogP contribution is -2.51. The van der Waals surface area contributed by atoms with Gasteiger partial charge in [0.25, 0.3) is 0 Å². The Morgan fingerprint density at radius 1 is 1.31 bits per heavy atom. The molecule has 2 N–H and O–H groups in total. The minimum absolute atomic E-state index is 0.0455.